The van der Waals surface area contributed by atoms with Crippen molar-refractivity contribution in [3.8, 4) is 0 Å². The third-order valence-electron chi connectivity index (χ3n) is 4.59. The molecule has 26 heavy (non-hydrogen) atoms. The van der Waals surface area contributed by atoms with Crippen LogP contribution in [0.5, 0.6) is 0 Å². The van der Waals surface area contributed by atoms with Gasteiger partial charge >= 0.3 is 0 Å². The van der Waals surface area contributed by atoms with E-state index in [9.17, 15) is 0 Å². The standard InChI is InChI=1S/C20H29N5O/c1-2-21-20(22-11-6-13-25-14-7-12-24-25)23-16-18-10-15-26-19(18)17-8-4-3-5-9-17/h3-5,7-9,12,14,18-19H,2,6,10-11,13,15-16H2,1H3,(H2,21,22,23). The Kier molecular flexibility index (Phi) is 7.07. The Morgan fingerprint density at radius 2 is 2.15 bits per heavy atom. The molecule has 0 aliphatic carbocycles. The SMILES string of the molecule is CCNC(=NCC1CCOC1c1ccccc1)NCCCn1cccn1. The number of hydrogen-bond acceptors (Lipinski definition) is 3. The Balaban J connectivity index is 1.49. The van der Waals surface area contributed by atoms with Crippen LogP contribution in [0.25, 0.3) is 0 Å². The topological polar surface area (TPSA) is 63.5 Å². The van der Waals surface area contributed by atoms with Crippen molar-refractivity contribution in [2.45, 2.75) is 32.4 Å². The molecule has 6 heteroatoms. The Morgan fingerprint density at radius 1 is 1.27 bits per heavy atom. The molecule has 2 aromatic rings. The van der Waals surface area contributed by atoms with Gasteiger partial charge in [-0.25, -0.2) is 0 Å². The van der Waals surface area contributed by atoms with Crippen LogP contribution >= 0.6 is 0 Å². The quantitative estimate of drug-likeness (QED) is 0.434. The summed E-state index contributed by atoms with van der Waals surface area (Å²) < 4.78 is 7.91. The van der Waals surface area contributed by atoms with Crippen molar-refractivity contribution in [1.82, 2.24) is 20.4 Å². The number of rotatable bonds is 8. The number of aryl methyl sites for hydroxylation is 1. The number of ether oxygens (including phenoxy) is 1. The number of guanidine groups is 1. The van der Waals surface area contributed by atoms with E-state index in [0.717, 1.165) is 51.6 Å². The molecule has 1 aliphatic rings. The average molecular weight is 355 g/mol. The minimum atomic E-state index is 0.155. The maximum absolute atomic E-state index is 5.96. The van der Waals surface area contributed by atoms with Crippen LogP contribution in [0.15, 0.2) is 53.8 Å². The van der Waals surface area contributed by atoms with Crippen LogP contribution < -0.4 is 10.6 Å². The maximum Gasteiger partial charge on any atom is 0.191 e. The van der Waals surface area contributed by atoms with Crippen molar-refractivity contribution in [3.63, 3.8) is 0 Å². The second-order valence-corrected chi connectivity index (χ2v) is 6.52. The van der Waals surface area contributed by atoms with E-state index in [1.165, 1.54) is 5.56 Å². The zero-order valence-electron chi connectivity index (χ0n) is 15.5. The van der Waals surface area contributed by atoms with Crippen LogP contribution in [-0.2, 0) is 11.3 Å². The summed E-state index contributed by atoms with van der Waals surface area (Å²) in [4.78, 5) is 4.80. The van der Waals surface area contributed by atoms with Crippen LogP contribution in [0.3, 0.4) is 0 Å². The lowest BCUT2D eigenvalue weighted by Crippen LogP contribution is -2.38. The highest BCUT2D eigenvalue weighted by molar-refractivity contribution is 5.79. The molecule has 2 unspecified atom stereocenters. The maximum atomic E-state index is 5.96. The molecule has 6 nitrogen and oxygen atoms in total. The fraction of sp³-hybridized carbons (Fsp3) is 0.500. The first-order valence-corrected chi connectivity index (χ1v) is 9.53. The summed E-state index contributed by atoms with van der Waals surface area (Å²) in [5, 5.41) is 11.0. The number of nitrogens with one attached hydrogen (secondary N) is 2. The molecule has 1 saturated heterocycles. The van der Waals surface area contributed by atoms with E-state index < -0.39 is 0 Å². The van der Waals surface area contributed by atoms with Crippen molar-refractivity contribution in [3.05, 3.63) is 54.4 Å². The van der Waals surface area contributed by atoms with E-state index in [2.05, 4.69) is 46.9 Å². The van der Waals surface area contributed by atoms with Gasteiger partial charge in [-0.1, -0.05) is 30.3 Å². The van der Waals surface area contributed by atoms with E-state index in [-0.39, 0.29) is 6.10 Å². The summed E-state index contributed by atoms with van der Waals surface area (Å²) >= 11 is 0. The molecule has 2 atom stereocenters. The fourth-order valence-electron chi connectivity index (χ4n) is 3.26. The lowest BCUT2D eigenvalue weighted by molar-refractivity contribution is 0.0925. The van der Waals surface area contributed by atoms with E-state index in [0.29, 0.717) is 5.92 Å². The number of hydrogen-bond donors (Lipinski definition) is 2. The number of aromatic nitrogens is 2. The molecule has 3 rings (SSSR count). The van der Waals surface area contributed by atoms with Crippen LogP contribution in [0.1, 0.15) is 31.4 Å². The third kappa shape index (κ3) is 5.33. The molecule has 0 amide bonds. The van der Waals surface area contributed by atoms with Gasteiger partial charge in [-0.3, -0.25) is 9.67 Å². The number of nitrogens with zero attached hydrogens (tertiary/aromatic N) is 3. The molecule has 1 aromatic carbocycles. The molecule has 1 aromatic heterocycles. The van der Waals surface area contributed by atoms with E-state index in [4.69, 9.17) is 9.73 Å². The van der Waals surface area contributed by atoms with Gasteiger partial charge in [0.2, 0.25) is 0 Å². The largest absolute Gasteiger partial charge is 0.373 e. The molecule has 1 fully saturated rings. The molecule has 2 heterocycles. The zero-order chi connectivity index (χ0) is 18.0. The Bertz CT molecular complexity index is 656. The Hall–Kier alpha value is -2.34. The third-order valence-corrected chi connectivity index (χ3v) is 4.59. The lowest BCUT2D eigenvalue weighted by Gasteiger charge is -2.18. The highest BCUT2D eigenvalue weighted by Crippen LogP contribution is 2.34. The van der Waals surface area contributed by atoms with Crippen molar-refractivity contribution < 1.29 is 4.74 Å². The highest BCUT2D eigenvalue weighted by atomic mass is 16.5. The predicted molar refractivity (Wildman–Crippen MR) is 104 cm³/mol. The minimum Gasteiger partial charge on any atom is -0.373 e. The van der Waals surface area contributed by atoms with E-state index in [1.807, 2.05) is 29.2 Å². The first-order valence-electron chi connectivity index (χ1n) is 9.53. The van der Waals surface area contributed by atoms with Crippen LogP contribution in [0.2, 0.25) is 0 Å². The van der Waals surface area contributed by atoms with Gasteiger partial charge in [-0.2, -0.15) is 5.10 Å². The molecule has 140 valence electrons. The average Bonchev–Trinajstić information content (AvgIpc) is 3.35. The summed E-state index contributed by atoms with van der Waals surface area (Å²) in [7, 11) is 0. The fourth-order valence-corrected chi connectivity index (χ4v) is 3.26. The van der Waals surface area contributed by atoms with Gasteiger partial charge in [-0.15, -0.1) is 0 Å². The molecule has 2 N–H and O–H groups in total. The number of benzene rings is 1. The van der Waals surface area contributed by atoms with Gasteiger partial charge in [-0.05, 0) is 31.4 Å². The molecular weight excluding hydrogens is 326 g/mol. The molecule has 0 spiro atoms. The summed E-state index contributed by atoms with van der Waals surface area (Å²) in [6.45, 7) is 6.31. The van der Waals surface area contributed by atoms with E-state index in [1.54, 1.807) is 0 Å². The smallest absolute Gasteiger partial charge is 0.191 e. The normalized spacial score (nSPS) is 20.3. The predicted octanol–water partition coefficient (Wildman–Crippen LogP) is 2.61. The van der Waals surface area contributed by atoms with Gasteiger partial charge in [0.1, 0.15) is 0 Å². The minimum absolute atomic E-state index is 0.155. The van der Waals surface area contributed by atoms with E-state index >= 15 is 0 Å². The summed E-state index contributed by atoms with van der Waals surface area (Å²) in [5.41, 5.74) is 1.25. The molecular formula is C20H29N5O. The van der Waals surface area contributed by atoms with Crippen molar-refractivity contribution >= 4 is 5.96 Å². The Morgan fingerprint density at radius 3 is 2.92 bits per heavy atom. The van der Waals surface area contributed by atoms with Crippen LogP contribution in [0, 0.1) is 5.92 Å². The highest BCUT2D eigenvalue weighted by Gasteiger charge is 2.29. The van der Waals surface area contributed by atoms with Gasteiger partial charge < -0.3 is 15.4 Å². The van der Waals surface area contributed by atoms with Gasteiger partial charge in [0, 0.05) is 51.1 Å². The van der Waals surface area contributed by atoms with Gasteiger partial charge in [0.15, 0.2) is 5.96 Å². The van der Waals surface area contributed by atoms with Crippen molar-refractivity contribution in [2.75, 3.05) is 26.2 Å². The van der Waals surface area contributed by atoms with Gasteiger partial charge in [0.25, 0.3) is 0 Å². The zero-order valence-corrected chi connectivity index (χ0v) is 15.5. The van der Waals surface area contributed by atoms with Crippen molar-refractivity contribution in [1.29, 1.82) is 0 Å². The number of aliphatic imine (C=N–C) groups is 1. The molecule has 1 aliphatic heterocycles. The van der Waals surface area contributed by atoms with Crippen LogP contribution in [-0.4, -0.2) is 42.0 Å². The first-order chi connectivity index (χ1) is 12.9. The summed E-state index contributed by atoms with van der Waals surface area (Å²) in [6.07, 6.45) is 6.02. The first kappa shape index (κ1) is 18.5. The molecule has 0 radical (unpaired) electrons. The second kappa shape index (κ2) is 9.97. The summed E-state index contributed by atoms with van der Waals surface area (Å²) in [5.74, 6) is 1.31. The second-order valence-electron chi connectivity index (χ2n) is 6.52. The Labute approximate surface area is 155 Å². The monoisotopic (exact) mass is 355 g/mol. The molecule has 0 bridgehead atoms. The van der Waals surface area contributed by atoms with Gasteiger partial charge in [0.05, 0.1) is 6.10 Å². The lowest BCUT2D eigenvalue weighted by atomic mass is 9.95. The molecule has 0 saturated carbocycles. The summed E-state index contributed by atoms with van der Waals surface area (Å²) in [6, 6.07) is 12.4. The van der Waals surface area contributed by atoms with Crippen LogP contribution in [0.4, 0.5) is 0 Å². The van der Waals surface area contributed by atoms with Crippen molar-refractivity contribution in [2.24, 2.45) is 10.9 Å².